The van der Waals surface area contributed by atoms with E-state index in [-0.39, 0.29) is 25.0 Å². The molecule has 8 nitrogen and oxygen atoms in total. The Morgan fingerprint density at radius 3 is 2.38 bits per heavy atom. The van der Waals surface area contributed by atoms with Crippen molar-refractivity contribution in [2.24, 2.45) is 0 Å². The number of benzene rings is 3. The highest BCUT2D eigenvalue weighted by atomic mass is 16.7. The Morgan fingerprint density at radius 2 is 1.70 bits per heavy atom. The zero-order valence-electron chi connectivity index (χ0n) is 20.8. The van der Waals surface area contributed by atoms with Crippen molar-refractivity contribution < 1.29 is 28.6 Å². The van der Waals surface area contributed by atoms with Gasteiger partial charge in [0.25, 0.3) is 5.91 Å². The van der Waals surface area contributed by atoms with Gasteiger partial charge in [0.05, 0.1) is 24.6 Å². The molecule has 0 aromatic heterocycles. The van der Waals surface area contributed by atoms with Gasteiger partial charge in [-0.25, -0.2) is 4.79 Å². The number of carbonyl (C=O) groups excluding carboxylic acids is 3. The van der Waals surface area contributed by atoms with Crippen molar-refractivity contribution in [3.8, 4) is 11.5 Å². The Bertz CT molecular complexity index is 1360. The minimum Gasteiger partial charge on any atom is -0.465 e. The average Bonchev–Trinajstić information content (AvgIpc) is 3.34. The van der Waals surface area contributed by atoms with Crippen molar-refractivity contribution in [2.45, 2.75) is 38.1 Å². The molecule has 5 rings (SSSR count). The van der Waals surface area contributed by atoms with Gasteiger partial charge >= 0.3 is 5.97 Å². The number of amides is 2. The van der Waals surface area contributed by atoms with Crippen LogP contribution in [0.5, 0.6) is 11.5 Å². The van der Waals surface area contributed by atoms with E-state index in [1.165, 1.54) is 7.11 Å². The summed E-state index contributed by atoms with van der Waals surface area (Å²) in [7, 11) is 1.32. The lowest BCUT2D eigenvalue weighted by Gasteiger charge is -2.43. The predicted molar refractivity (Wildman–Crippen MR) is 137 cm³/mol. The van der Waals surface area contributed by atoms with Gasteiger partial charge in [-0.2, -0.15) is 0 Å². The Hall–Kier alpha value is -4.33. The summed E-state index contributed by atoms with van der Waals surface area (Å²) in [5.41, 5.74) is 3.66. The monoisotopic (exact) mass is 500 g/mol. The maximum atomic E-state index is 12.9. The first-order valence-corrected chi connectivity index (χ1v) is 12.2. The summed E-state index contributed by atoms with van der Waals surface area (Å²) in [4.78, 5) is 37.5. The van der Waals surface area contributed by atoms with E-state index in [1.807, 2.05) is 42.5 Å². The van der Waals surface area contributed by atoms with Crippen molar-refractivity contribution in [3.05, 3.63) is 88.5 Å². The summed E-state index contributed by atoms with van der Waals surface area (Å²) in [6, 6.07) is 18.0. The molecule has 190 valence electrons. The van der Waals surface area contributed by atoms with Crippen LogP contribution in [0.25, 0.3) is 0 Å². The molecule has 3 aromatic carbocycles. The molecule has 3 aromatic rings. The van der Waals surface area contributed by atoms with Gasteiger partial charge in [0.1, 0.15) is 0 Å². The van der Waals surface area contributed by atoms with Gasteiger partial charge in [-0.1, -0.05) is 18.2 Å². The molecule has 8 heteroatoms. The third-order valence-electron chi connectivity index (χ3n) is 6.97. The second-order valence-electron chi connectivity index (χ2n) is 9.40. The molecular formula is C29H28N2O6. The normalized spacial score (nSPS) is 14.9. The molecule has 0 atom stereocenters. The van der Waals surface area contributed by atoms with E-state index in [9.17, 15) is 14.4 Å². The number of nitrogens with one attached hydrogen (secondary N) is 2. The molecule has 0 bridgehead atoms. The zero-order valence-corrected chi connectivity index (χ0v) is 20.8. The molecule has 1 aliphatic heterocycles. The van der Waals surface area contributed by atoms with Crippen molar-refractivity contribution in [1.29, 1.82) is 0 Å². The molecule has 2 amide bonds. The maximum absolute atomic E-state index is 12.9. The fourth-order valence-electron chi connectivity index (χ4n) is 4.80. The smallest absolute Gasteiger partial charge is 0.337 e. The third-order valence-corrected chi connectivity index (χ3v) is 6.97. The Balaban J connectivity index is 1.23. The first kappa shape index (κ1) is 24.4. The van der Waals surface area contributed by atoms with E-state index in [0.29, 0.717) is 33.9 Å². The summed E-state index contributed by atoms with van der Waals surface area (Å²) in [6.07, 6.45) is 3.00. The van der Waals surface area contributed by atoms with E-state index < -0.39 is 11.5 Å². The van der Waals surface area contributed by atoms with Crippen LogP contribution < -0.4 is 20.1 Å². The number of anilines is 1. The molecule has 0 saturated heterocycles. The number of fused-ring (bicyclic) bond motifs is 1. The molecule has 0 unspecified atom stereocenters. The molecule has 2 aliphatic rings. The number of methoxy groups -OCH3 is 1. The molecule has 0 radical (unpaired) electrons. The molecular weight excluding hydrogens is 472 g/mol. The van der Waals surface area contributed by atoms with Crippen molar-refractivity contribution >= 4 is 23.5 Å². The van der Waals surface area contributed by atoms with E-state index >= 15 is 0 Å². The van der Waals surface area contributed by atoms with E-state index in [0.717, 1.165) is 30.4 Å². The molecule has 1 aliphatic carbocycles. The van der Waals surface area contributed by atoms with Gasteiger partial charge in [-0.05, 0) is 85.3 Å². The van der Waals surface area contributed by atoms with Gasteiger partial charge in [0.2, 0.25) is 12.7 Å². The van der Waals surface area contributed by atoms with Crippen molar-refractivity contribution in [3.63, 3.8) is 0 Å². The first-order valence-electron chi connectivity index (χ1n) is 12.2. The quantitative estimate of drug-likeness (QED) is 0.463. The van der Waals surface area contributed by atoms with Gasteiger partial charge in [0.15, 0.2) is 11.5 Å². The van der Waals surface area contributed by atoms with Crippen molar-refractivity contribution in [1.82, 2.24) is 5.32 Å². The molecule has 0 spiro atoms. The molecule has 2 N–H and O–H groups in total. The van der Waals surface area contributed by atoms with Crippen LogP contribution in [0.1, 0.15) is 56.7 Å². The lowest BCUT2D eigenvalue weighted by atomic mass is 9.71. The Kier molecular flexibility index (Phi) is 6.56. The summed E-state index contributed by atoms with van der Waals surface area (Å²) in [5.74, 6) is 0.591. The number of hydrogen-bond donors (Lipinski definition) is 2. The lowest BCUT2D eigenvalue weighted by molar-refractivity contribution is -0.123. The third kappa shape index (κ3) is 5.00. The highest BCUT2D eigenvalue weighted by molar-refractivity contribution is 6.06. The molecule has 1 heterocycles. The summed E-state index contributed by atoms with van der Waals surface area (Å²) < 4.78 is 15.5. The highest BCUT2D eigenvalue weighted by Crippen LogP contribution is 2.42. The first-order chi connectivity index (χ1) is 17.9. The van der Waals surface area contributed by atoms with Crippen LogP contribution >= 0.6 is 0 Å². The van der Waals surface area contributed by atoms with Crippen LogP contribution in [0.15, 0.2) is 60.7 Å². The lowest BCUT2D eigenvalue weighted by Crippen LogP contribution is -2.51. The summed E-state index contributed by atoms with van der Waals surface area (Å²) in [6.45, 7) is 1.98. The fraction of sp³-hybridized carbons (Fsp3) is 0.276. The van der Waals surface area contributed by atoms with Crippen LogP contribution in [-0.2, 0) is 21.5 Å². The maximum Gasteiger partial charge on any atom is 0.337 e. The SMILES string of the molecule is COC(=O)c1ccc(C(=O)Nc2ccc(C3(NC(=O)Cc4ccc5c(c4)OCO5)CCC3)cc2)c(C)c1. The number of rotatable bonds is 7. The second kappa shape index (κ2) is 9.97. The van der Waals surface area contributed by atoms with E-state index in [4.69, 9.17) is 14.2 Å². The summed E-state index contributed by atoms with van der Waals surface area (Å²) >= 11 is 0. The number of ether oxygens (including phenoxy) is 3. The van der Waals surface area contributed by atoms with Gasteiger partial charge in [-0.3, -0.25) is 9.59 Å². The second-order valence-corrected chi connectivity index (χ2v) is 9.40. The minimum absolute atomic E-state index is 0.0539. The molecule has 1 saturated carbocycles. The predicted octanol–water partition coefficient (Wildman–Crippen LogP) is 4.50. The molecule has 37 heavy (non-hydrogen) atoms. The van der Waals surface area contributed by atoms with Crippen LogP contribution in [-0.4, -0.2) is 31.7 Å². The number of aryl methyl sites for hydroxylation is 1. The standard InChI is InChI=1S/C29H28N2O6/c1-18-14-20(28(34)35-2)5-10-23(18)27(33)30-22-8-6-21(7-9-22)29(12-3-13-29)31-26(32)16-19-4-11-24-25(15-19)37-17-36-24/h4-11,14-15H,3,12-13,16-17H2,1-2H3,(H,30,33)(H,31,32). The van der Waals surface area contributed by atoms with Gasteiger partial charge in [0, 0.05) is 11.3 Å². The van der Waals surface area contributed by atoms with Crippen molar-refractivity contribution in [2.75, 3.05) is 19.2 Å². The van der Waals surface area contributed by atoms with Crippen LogP contribution in [0.4, 0.5) is 5.69 Å². The largest absolute Gasteiger partial charge is 0.465 e. The number of esters is 1. The van der Waals surface area contributed by atoms with Crippen LogP contribution in [0.2, 0.25) is 0 Å². The Morgan fingerprint density at radius 1 is 0.946 bits per heavy atom. The van der Waals surface area contributed by atoms with E-state index in [1.54, 1.807) is 25.1 Å². The fourth-order valence-corrected chi connectivity index (χ4v) is 4.80. The van der Waals surface area contributed by atoms with Crippen LogP contribution in [0, 0.1) is 6.92 Å². The highest BCUT2D eigenvalue weighted by Gasteiger charge is 2.40. The number of carbonyl (C=O) groups is 3. The topological polar surface area (TPSA) is 103 Å². The Labute approximate surface area is 214 Å². The average molecular weight is 501 g/mol. The summed E-state index contributed by atoms with van der Waals surface area (Å²) in [5, 5.41) is 6.14. The van der Waals surface area contributed by atoms with Crippen LogP contribution in [0.3, 0.4) is 0 Å². The van der Waals surface area contributed by atoms with E-state index in [2.05, 4.69) is 10.6 Å². The minimum atomic E-state index is -0.446. The van der Waals surface area contributed by atoms with Gasteiger partial charge < -0.3 is 24.8 Å². The zero-order chi connectivity index (χ0) is 26.0. The van der Waals surface area contributed by atoms with Gasteiger partial charge in [-0.15, -0.1) is 0 Å². The number of hydrogen-bond acceptors (Lipinski definition) is 6. The molecule has 1 fully saturated rings.